The third-order valence-electron chi connectivity index (χ3n) is 3.53. The molecule has 0 saturated carbocycles. The summed E-state index contributed by atoms with van der Waals surface area (Å²) in [6, 6.07) is 11.8. The van der Waals surface area contributed by atoms with Crippen LogP contribution in [0.2, 0.25) is 0 Å². The normalized spacial score (nSPS) is 10.0. The van der Waals surface area contributed by atoms with Gasteiger partial charge in [0, 0.05) is 17.9 Å². The summed E-state index contributed by atoms with van der Waals surface area (Å²) in [5.41, 5.74) is 2.81. The molecule has 3 amide bonds. The Labute approximate surface area is 146 Å². The van der Waals surface area contributed by atoms with Gasteiger partial charge in [-0.3, -0.25) is 5.32 Å². The lowest BCUT2D eigenvalue weighted by molar-refractivity contribution is 0.187. The summed E-state index contributed by atoms with van der Waals surface area (Å²) in [6.07, 6.45) is 0.0218. The van der Waals surface area contributed by atoms with Crippen molar-refractivity contribution in [2.24, 2.45) is 0 Å². The Morgan fingerprint density at radius 3 is 2.48 bits per heavy atom. The number of hydrogen-bond donors (Lipinski definition) is 4. The number of hydrogen-bond acceptors (Lipinski definition) is 4. The molecule has 4 N–H and O–H groups in total. The van der Waals surface area contributed by atoms with Crippen LogP contribution in [0.1, 0.15) is 11.1 Å². The van der Waals surface area contributed by atoms with Crippen molar-refractivity contribution in [1.82, 2.24) is 5.32 Å². The molecule has 0 aromatic heterocycles. The van der Waals surface area contributed by atoms with E-state index in [9.17, 15) is 14.7 Å². The average Bonchev–Trinajstić information content (AvgIpc) is 2.58. The van der Waals surface area contributed by atoms with Gasteiger partial charge < -0.3 is 20.5 Å². The maximum absolute atomic E-state index is 11.9. The Bertz CT molecular complexity index is 762. The zero-order valence-corrected chi connectivity index (χ0v) is 14.1. The molecular formula is C18H21N3O4. The van der Waals surface area contributed by atoms with Crippen molar-refractivity contribution < 1.29 is 19.4 Å². The monoisotopic (exact) mass is 343 g/mol. The van der Waals surface area contributed by atoms with Gasteiger partial charge in [-0.05, 0) is 48.7 Å². The van der Waals surface area contributed by atoms with Crippen LogP contribution < -0.4 is 16.0 Å². The highest BCUT2D eigenvalue weighted by molar-refractivity contribution is 5.91. The predicted octanol–water partition coefficient (Wildman–Crippen LogP) is 3.24. The van der Waals surface area contributed by atoms with Crippen molar-refractivity contribution in [2.75, 3.05) is 24.3 Å². The van der Waals surface area contributed by atoms with Crippen LogP contribution in [-0.2, 0) is 11.2 Å². The van der Waals surface area contributed by atoms with Crippen LogP contribution in [0.4, 0.5) is 21.0 Å². The van der Waals surface area contributed by atoms with E-state index in [1.807, 2.05) is 19.1 Å². The lowest BCUT2D eigenvalue weighted by Crippen LogP contribution is -2.30. The third kappa shape index (κ3) is 5.72. The molecule has 7 heteroatoms. The molecule has 0 aliphatic heterocycles. The zero-order chi connectivity index (χ0) is 18.2. The molecule has 2 rings (SSSR count). The van der Waals surface area contributed by atoms with E-state index in [0.717, 1.165) is 11.1 Å². The summed E-state index contributed by atoms with van der Waals surface area (Å²) in [6.45, 7) is 2.25. The minimum absolute atomic E-state index is 0.247. The lowest BCUT2D eigenvalue weighted by Gasteiger charge is -2.10. The second kappa shape index (κ2) is 8.58. The largest absolute Gasteiger partial charge is 0.508 e. The summed E-state index contributed by atoms with van der Waals surface area (Å²) >= 11 is 0. The summed E-state index contributed by atoms with van der Waals surface area (Å²) in [4.78, 5) is 23.1. The standard InChI is InChI=1S/C18H21N3O4/c1-12-6-7-13(10-16(12)22)8-9-19-17(23)20-14-4-3-5-15(11-14)21-18(24)25-2/h3-7,10-11,22H,8-9H2,1-2H3,(H,21,24)(H2,19,20,23). The van der Waals surface area contributed by atoms with E-state index >= 15 is 0 Å². The molecule has 0 saturated heterocycles. The summed E-state index contributed by atoms with van der Waals surface area (Å²) < 4.78 is 4.52. The first-order chi connectivity index (χ1) is 12.0. The SMILES string of the molecule is COC(=O)Nc1cccc(NC(=O)NCCc2ccc(C)c(O)c2)c1. The van der Waals surface area contributed by atoms with Gasteiger partial charge in [0.05, 0.1) is 7.11 Å². The number of aromatic hydroxyl groups is 1. The van der Waals surface area contributed by atoms with Crippen molar-refractivity contribution >= 4 is 23.5 Å². The van der Waals surface area contributed by atoms with Crippen LogP contribution in [0.3, 0.4) is 0 Å². The number of amides is 3. The summed E-state index contributed by atoms with van der Waals surface area (Å²) in [5.74, 6) is 0.247. The molecule has 0 aliphatic rings. The number of phenolic OH excluding ortho intramolecular Hbond substituents is 1. The van der Waals surface area contributed by atoms with Gasteiger partial charge in [-0.1, -0.05) is 18.2 Å². The maximum Gasteiger partial charge on any atom is 0.411 e. The number of phenols is 1. The van der Waals surface area contributed by atoms with Crippen molar-refractivity contribution in [1.29, 1.82) is 0 Å². The first-order valence-electron chi connectivity index (χ1n) is 7.76. The van der Waals surface area contributed by atoms with Crippen LogP contribution >= 0.6 is 0 Å². The smallest absolute Gasteiger partial charge is 0.411 e. The molecular weight excluding hydrogens is 322 g/mol. The highest BCUT2D eigenvalue weighted by atomic mass is 16.5. The van der Waals surface area contributed by atoms with Gasteiger partial charge in [0.15, 0.2) is 0 Å². The molecule has 2 aromatic carbocycles. The van der Waals surface area contributed by atoms with Crippen molar-refractivity contribution in [3.8, 4) is 5.75 Å². The van der Waals surface area contributed by atoms with Gasteiger partial charge in [-0.25, -0.2) is 9.59 Å². The Hall–Kier alpha value is -3.22. The summed E-state index contributed by atoms with van der Waals surface area (Å²) in [7, 11) is 1.28. The van der Waals surface area contributed by atoms with Crippen molar-refractivity contribution in [3.63, 3.8) is 0 Å². The second-order valence-corrected chi connectivity index (χ2v) is 5.45. The Morgan fingerprint density at radius 2 is 1.80 bits per heavy atom. The molecule has 0 bridgehead atoms. The van der Waals surface area contributed by atoms with Crippen LogP contribution in [0, 0.1) is 6.92 Å². The number of methoxy groups -OCH3 is 1. The molecule has 0 radical (unpaired) electrons. The molecule has 7 nitrogen and oxygen atoms in total. The number of ether oxygens (including phenoxy) is 1. The van der Waals surface area contributed by atoms with Crippen molar-refractivity contribution in [2.45, 2.75) is 13.3 Å². The third-order valence-corrected chi connectivity index (χ3v) is 3.53. The highest BCUT2D eigenvalue weighted by Crippen LogP contribution is 2.17. The van der Waals surface area contributed by atoms with Gasteiger partial charge in [0.1, 0.15) is 5.75 Å². The van der Waals surface area contributed by atoms with Crippen LogP contribution in [0.25, 0.3) is 0 Å². The van der Waals surface area contributed by atoms with Crippen molar-refractivity contribution in [3.05, 3.63) is 53.6 Å². The van der Waals surface area contributed by atoms with E-state index in [4.69, 9.17) is 0 Å². The minimum Gasteiger partial charge on any atom is -0.508 e. The average molecular weight is 343 g/mol. The number of aryl methyl sites for hydroxylation is 1. The topological polar surface area (TPSA) is 99.7 Å². The molecule has 132 valence electrons. The highest BCUT2D eigenvalue weighted by Gasteiger charge is 2.05. The number of carbonyl (C=O) groups excluding carboxylic acids is 2. The van der Waals surface area contributed by atoms with Gasteiger partial charge >= 0.3 is 12.1 Å². The number of nitrogens with one attached hydrogen (secondary N) is 3. The zero-order valence-electron chi connectivity index (χ0n) is 14.1. The van der Waals surface area contributed by atoms with Crippen LogP contribution in [-0.4, -0.2) is 30.9 Å². The predicted molar refractivity (Wildman–Crippen MR) is 96.0 cm³/mol. The second-order valence-electron chi connectivity index (χ2n) is 5.45. The first-order valence-corrected chi connectivity index (χ1v) is 7.76. The fourth-order valence-corrected chi connectivity index (χ4v) is 2.15. The van der Waals surface area contributed by atoms with Crippen LogP contribution in [0.5, 0.6) is 5.75 Å². The number of anilines is 2. The lowest BCUT2D eigenvalue weighted by atomic mass is 10.1. The van der Waals surface area contributed by atoms with Gasteiger partial charge in [0.2, 0.25) is 0 Å². The Morgan fingerprint density at radius 1 is 1.08 bits per heavy atom. The fourth-order valence-electron chi connectivity index (χ4n) is 2.15. The number of urea groups is 1. The fraction of sp³-hybridized carbons (Fsp3) is 0.222. The molecule has 25 heavy (non-hydrogen) atoms. The number of rotatable bonds is 5. The molecule has 2 aromatic rings. The minimum atomic E-state index is -0.581. The van der Waals surface area contributed by atoms with E-state index in [1.165, 1.54) is 7.11 Å². The number of carbonyl (C=O) groups is 2. The molecule has 0 spiro atoms. The molecule has 0 heterocycles. The summed E-state index contributed by atoms with van der Waals surface area (Å²) in [5, 5.41) is 17.6. The Balaban J connectivity index is 1.82. The van der Waals surface area contributed by atoms with Gasteiger partial charge in [-0.2, -0.15) is 0 Å². The van der Waals surface area contributed by atoms with E-state index < -0.39 is 6.09 Å². The molecule has 0 unspecified atom stereocenters. The van der Waals surface area contributed by atoms with E-state index in [2.05, 4.69) is 20.7 Å². The van der Waals surface area contributed by atoms with Gasteiger partial charge in [-0.15, -0.1) is 0 Å². The van der Waals surface area contributed by atoms with E-state index in [1.54, 1.807) is 30.3 Å². The number of benzene rings is 2. The Kier molecular flexibility index (Phi) is 6.22. The molecule has 0 atom stereocenters. The van der Waals surface area contributed by atoms with E-state index in [0.29, 0.717) is 24.3 Å². The molecule has 0 aliphatic carbocycles. The quantitative estimate of drug-likeness (QED) is 0.669. The van der Waals surface area contributed by atoms with E-state index in [-0.39, 0.29) is 11.8 Å². The maximum atomic E-state index is 11.9. The molecule has 0 fully saturated rings. The van der Waals surface area contributed by atoms with Crippen LogP contribution in [0.15, 0.2) is 42.5 Å². The van der Waals surface area contributed by atoms with Gasteiger partial charge in [0.25, 0.3) is 0 Å². The first kappa shape index (κ1) is 18.1.